The Labute approximate surface area is 158 Å². The first kappa shape index (κ1) is 17.5. The molecule has 0 spiro atoms. The van der Waals surface area contributed by atoms with Gasteiger partial charge in [0.15, 0.2) is 0 Å². The lowest BCUT2D eigenvalue weighted by atomic mass is 9.91. The third-order valence-electron chi connectivity index (χ3n) is 5.51. The number of aryl methyl sites for hydroxylation is 1. The SMILES string of the molecule is Cc1ccc(C(=O)NC2CCC(n3cnnc3)CC2)cc1N1CCNC1=O. The summed E-state index contributed by atoms with van der Waals surface area (Å²) >= 11 is 0. The van der Waals surface area contributed by atoms with Gasteiger partial charge in [-0.2, -0.15) is 0 Å². The second kappa shape index (κ2) is 7.38. The van der Waals surface area contributed by atoms with Crippen molar-refractivity contribution in [3.8, 4) is 0 Å². The first-order valence-electron chi connectivity index (χ1n) is 9.43. The lowest BCUT2D eigenvalue weighted by Gasteiger charge is -2.29. The van der Waals surface area contributed by atoms with E-state index in [4.69, 9.17) is 0 Å². The van der Waals surface area contributed by atoms with Crippen molar-refractivity contribution >= 4 is 17.6 Å². The third kappa shape index (κ3) is 3.65. The number of carbonyl (C=O) groups excluding carboxylic acids is 2. The van der Waals surface area contributed by atoms with Crippen LogP contribution in [0.3, 0.4) is 0 Å². The molecule has 0 bridgehead atoms. The van der Waals surface area contributed by atoms with E-state index in [1.54, 1.807) is 17.6 Å². The molecule has 0 unspecified atom stereocenters. The second-order valence-electron chi connectivity index (χ2n) is 7.27. The summed E-state index contributed by atoms with van der Waals surface area (Å²) in [6, 6.07) is 6.02. The van der Waals surface area contributed by atoms with Crippen molar-refractivity contribution in [2.75, 3.05) is 18.0 Å². The fourth-order valence-corrected chi connectivity index (χ4v) is 3.93. The van der Waals surface area contributed by atoms with Crippen molar-refractivity contribution in [3.63, 3.8) is 0 Å². The predicted molar refractivity (Wildman–Crippen MR) is 101 cm³/mol. The molecule has 1 aliphatic heterocycles. The number of aromatic nitrogens is 3. The summed E-state index contributed by atoms with van der Waals surface area (Å²) in [5.41, 5.74) is 2.38. The molecule has 1 saturated heterocycles. The van der Waals surface area contributed by atoms with E-state index < -0.39 is 0 Å². The molecule has 8 heteroatoms. The maximum Gasteiger partial charge on any atom is 0.322 e. The van der Waals surface area contributed by atoms with Gasteiger partial charge >= 0.3 is 6.03 Å². The number of nitrogens with one attached hydrogen (secondary N) is 2. The molecule has 27 heavy (non-hydrogen) atoms. The Morgan fingerprint density at radius 2 is 1.93 bits per heavy atom. The smallest absolute Gasteiger partial charge is 0.322 e. The van der Waals surface area contributed by atoms with Crippen LogP contribution in [0.15, 0.2) is 30.9 Å². The lowest BCUT2D eigenvalue weighted by Crippen LogP contribution is -2.38. The van der Waals surface area contributed by atoms with E-state index in [1.807, 2.05) is 29.7 Å². The van der Waals surface area contributed by atoms with Gasteiger partial charge in [-0.1, -0.05) is 6.07 Å². The van der Waals surface area contributed by atoms with Crippen molar-refractivity contribution in [2.24, 2.45) is 0 Å². The second-order valence-corrected chi connectivity index (χ2v) is 7.27. The van der Waals surface area contributed by atoms with Crippen LogP contribution in [0.2, 0.25) is 0 Å². The number of hydrogen-bond acceptors (Lipinski definition) is 4. The summed E-state index contributed by atoms with van der Waals surface area (Å²) in [5, 5.41) is 13.7. The van der Waals surface area contributed by atoms with Crippen molar-refractivity contribution in [1.29, 1.82) is 0 Å². The number of rotatable bonds is 4. The highest BCUT2D eigenvalue weighted by Crippen LogP contribution is 2.28. The monoisotopic (exact) mass is 368 g/mol. The van der Waals surface area contributed by atoms with Crippen LogP contribution in [0.5, 0.6) is 0 Å². The molecule has 4 rings (SSSR count). The lowest BCUT2D eigenvalue weighted by molar-refractivity contribution is 0.0922. The van der Waals surface area contributed by atoms with Gasteiger partial charge in [-0.15, -0.1) is 10.2 Å². The average Bonchev–Trinajstić information content (AvgIpc) is 3.35. The molecular formula is C19H24N6O2. The predicted octanol–water partition coefficient (Wildman–Crippen LogP) is 2.03. The van der Waals surface area contributed by atoms with Gasteiger partial charge in [0, 0.05) is 36.4 Å². The van der Waals surface area contributed by atoms with Gasteiger partial charge in [0.1, 0.15) is 12.7 Å². The molecule has 1 saturated carbocycles. The van der Waals surface area contributed by atoms with E-state index in [-0.39, 0.29) is 18.0 Å². The number of urea groups is 1. The Balaban J connectivity index is 1.39. The van der Waals surface area contributed by atoms with Crippen LogP contribution in [-0.4, -0.2) is 45.8 Å². The fraction of sp³-hybridized carbons (Fsp3) is 0.474. The van der Waals surface area contributed by atoms with Gasteiger partial charge in [-0.05, 0) is 50.3 Å². The molecule has 0 atom stereocenters. The maximum atomic E-state index is 12.7. The highest BCUT2D eigenvalue weighted by molar-refractivity contribution is 5.99. The summed E-state index contributed by atoms with van der Waals surface area (Å²) in [6.45, 7) is 3.21. The van der Waals surface area contributed by atoms with Crippen LogP contribution in [0.1, 0.15) is 47.6 Å². The zero-order valence-electron chi connectivity index (χ0n) is 15.4. The highest BCUT2D eigenvalue weighted by Gasteiger charge is 2.26. The molecule has 1 aliphatic carbocycles. The Morgan fingerprint density at radius 3 is 2.59 bits per heavy atom. The molecule has 2 aliphatic rings. The van der Waals surface area contributed by atoms with Crippen molar-refractivity contribution < 1.29 is 9.59 Å². The van der Waals surface area contributed by atoms with Crippen LogP contribution in [0, 0.1) is 6.92 Å². The molecule has 2 aromatic rings. The van der Waals surface area contributed by atoms with E-state index in [1.165, 1.54) is 0 Å². The number of hydrogen-bond donors (Lipinski definition) is 2. The van der Waals surface area contributed by atoms with Gasteiger partial charge in [0.25, 0.3) is 5.91 Å². The van der Waals surface area contributed by atoms with Crippen LogP contribution in [0.25, 0.3) is 0 Å². The third-order valence-corrected chi connectivity index (χ3v) is 5.51. The molecule has 2 fully saturated rings. The van der Waals surface area contributed by atoms with Crippen LogP contribution in [0.4, 0.5) is 10.5 Å². The average molecular weight is 368 g/mol. The number of benzene rings is 1. The summed E-state index contributed by atoms with van der Waals surface area (Å²) in [6.07, 6.45) is 7.37. The van der Waals surface area contributed by atoms with Crippen LogP contribution in [-0.2, 0) is 0 Å². The molecular weight excluding hydrogens is 344 g/mol. The van der Waals surface area contributed by atoms with Gasteiger partial charge in [0.2, 0.25) is 0 Å². The van der Waals surface area contributed by atoms with Crippen LogP contribution < -0.4 is 15.5 Å². The zero-order valence-corrected chi connectivity index (χ0v) is 15.4. The Morgan fingerprint density at radius 1 is 1.19 bits per heavy atom. The summed E-state index contributed by atoms with van der Waals surface area (Å²) in [4.78, 5) is 26.4. The number of amides is 3. The van der Waals surface area contributed by atoms with Crippen molar-refractivity contribution in [3.05, 3.63) is 42.0 Å². The van der Waals surface area contributed by atoms with E-state index >= 15 is 0 Å². The first-order chi connectivity index (χ1) is 13.1. The molecule has 8 nitrogen and oxygen atoms in total. The van der Waals surface area contributed by atoms with E-state index in [0.29, 0.717) is 24.7 Å². The Hall–Kier alpha value is -2.90. The molecule has 0 radical (unpaired) electrons. The number of carbonyl (C=O) groups is 2. The van der Waals surface area contributed by atoms with Crippen molar-refractivity contribution in [1.82, 2.24) is 25.4 Å². The molecule has 2 heterocycles. The number of anilines is 1. The normalized spacial score (nSPS) is 22.6. The molecule has 1 aromatic heterocycles. The summed E-state index contributed by atoms with van der Waals surface area (Å²) in [5.74, 6) is -0.0800. The number of nitrogens with zero attached hydrogens (tertiary/aromatic N) is 4. The largest absolute Gasteiger partial charge is 0.349 e. The van der Waals surface area contributed by atoms with Gasteiger partial charge in [0.05, 0.1) is 0 Å². The van der Waals surface area contributed by atoms with Crippen molar-refractivity contribution in [2.45, 2.75) is 44.7 Å². The van der Waals surface area contributed by atoms with Gasteiger partial charge in [-0.25, -0.2) is 4.79 Å². The summed E-state index contributed by atoms with van der Waals surface area (Å²) in [7, 11) is 0. The first-order valence-corrected chi connectivity index (χ1v) is 9.43. The molecule has 1 aromatic carbocycles. The Kier molecular flexibility index (Phi) is 4.79. The highest BCUT2D eigenvalue weighted by atomic mass is 16.2. The van der Waals surface area contributed by atoms with E-state index in [0.717, 1.165) is 36.9 Å². The summed E-state index contributed by atoms with van der Waals surface area (Å²) < 4.78 is 2.05. The topological polar surface area (TPSA) is 92.2 Å². The van der Waals surface area contributed by atoms with Gasteiger partial charge in [-0.3, -0.25) is 9.69 Å². The van der Waals surface area contributed by atoms with E-state index in [2.05, 4.69) is 20.8 Å². The zero-order chi connectivity index (χ0) is 18.8. The standard InChI is InChI=1S/C19H24N6O2/c1-13-2-3-14(10-17(13)25-9-8-20-19(25)27)18(26)23-15-4-6-16(7-5-15)24-11-21-22-12-24/h2-3,10-12,15-16H,4-9H2,1H3,(H,20,27)(H,23,26). The van der Waals surface area contributed by atoms with E-state index in [9.17, 15) is 9.59 Å². The minimum absolute atomic E-state index is 0.0800. The quantitative estimate of drug-likeness (QED) is 0.864. The minimum atomic E-state index is -0.108. The molecule has 3 amide bonds. The molecule has 2 N–H and O–H groups in total. The van der Waals surface area contributed by atoms with Gasteiger partial charge < -0.3 is 15.2 Å². The molecule has 142 valence electrons. The van der Waals surface area contributed by atoms with Crippen LogP contribution >= 0.6 is 0 Å². The minimum Gasteiger partial charge on any atom is -0.349 e. The fourth-order valence-electron chi connectivity index (χ4n) is 3.93. The maximum absolute atomic E-state index is 12.7. The Bertz CT molecular complexity index is 827.